The molecule has 6 heteroatoms. The van der Waals surface area contributed by atoms with Crippen LogP contribution in [0.3, 0.4) is 0 Å². The van der Waals surface area contributed by atoms with Crippen molar-refractivity contribution in [3.63, 3.8) is 0 Å². The first-order valence-corrected chi connectivity index (χ1v) is 18.5. The Morgan fingerprint density at radius 1 is 0.918 bits per heavy atom. The molecule has 3 aromatic carbocycles. The zero-order valence-electron chi connectivity index (χ0n) is 30.1. The van der Waals surface area contributed by atoms with Crippen LogP contribution in [0.1, 0.15) is 98.1 Å². The number of thiophene rings is 1. The van der Waals surface area contributed by atoms with E-state index in [-0.39, 0.29) is 43.5 Å². The van der Waals surface area contributed by atoms with Gasteiger partial charge in [-0.25, -0.2) is 0 Å². The number of fused-ring (bicyclic) bond motifs is 5. The number of nitrogens with zero attached hydrogens (tertiary/aromatic N) is 1. The van der Waals surface area contributed by atoms with Gasteiger partial charge in [-0.1, -0.05) is 102 Å². The summed E-state index contributed by atoms with van der Waals surface area (Å²) in [6, 6.07) is 23.1. The van der Waals surface area contributed by atoms with Crippen LogP contribution in [0.15, 0.2) is 77.0 Å². The summed E-state index contributed by atoms with van der Waals surface area (Å²) < 4.78 is 8.86. The molecule has 6 aromatic rings. The number of pyridine rings is 1. The average molecular weight is 853 g/mol. The maximum Gasteiger partial charge on any atom is 0.162 e. The minimum atomic E-state index is 0. The molecule has 3 aromatic heterocycles. The van der Waals surface area contributed by atoms with E-state index in [1.54, 1.807) is 0 Å². The number of rotatable bonds is 11. The number of ketones is 1. The summed E-state index contributed by atoms with van der Waals surface area (Å²) in [6.07, 6.45) is 7.87. The fraction of sp³-hybridized carbons (Fsp3) is 0.395. The van der Waals surface area contributed by atoms with E-state index in [4.69, 9.17) is 9.40 Å². The van der Waals surface area contributed by atoms with Crippen molar-refractivity contribution in [1.29, 1.82) is 0 Å². The number of allylic oxidation sites excluding steroid dienone is 2. The van der Waals surface area contributed by atoms with E-state index in [2.05, 4.69) is 88.4 Å². The van der Waals surface area contributed by atoms with E-state index in [1.165, 1.54) is 32.0 Å². The van der Waals surface area contributed by atoms with Gasteiger partial charge in [0.25, 0.3) is 0 Å². The third-order valence-electron chi connectivity index (χ3n) is 9.45. The number of hydrogen-bond acceptors (Lipinski definition) is 5. The molecule has 3 heterocycles. The number of aliphatic hydroxyl groups is 1. The van der Waals surface area contributed by atoms with Crippen molar-refractivity contribution in [2.24, 2.45) is 17.8 Å². The van der Waals surface area contributed by atoms with Gasteiger partial charge >= 0.3 is 0 Å². The van der Waals surface area contributed by atoms with Gasteiger partial charge in [0, 0.05) is 65.4 Å². The summed E-state index contributed by atoms with van der Waals surface area (Å²) in [6.45, 7) is 17.1. The van der Waals surface area contributed by atoms with Crippen LogP contribution in [0.4, 0.5) is 0 Å². The van der Waals surface area contributed by atoms with Gasteiger partial charge in [-0.2, -0.15) is 11.3 Å². The number of aliphatic hydroxyl groups excluding tert-OH is 1. The Morgan fingerprint density at radius 2 is 1.61 bits per heavy atom. The third-order valence-corrected chi connectivity index (χ3v) is 10.7. The first-order chi connectivity index (χ1) is 23.1. The number of benzene rings is 3. The number of hydrogen-bond donors (Lipinski definition) is 1. The molecule has 0 saturated heterocycles. The second kappa shape index (κ2) is 17.1. The van der Waals surface area contributed by atoms with Crippen molar-refractivity contribution < 1.29 is 34.4 Å². The van der Waals surface area contributed by atoms with Crippen molar-refractivity contribution in [1.82, 2.24) is 4.98 Å². The summed E-state index contributed by atoms with van der Waals surface area (Å²) in [4.78, 5) is 16.5. The van der Waals surface area contributed by atoms with Crippen molar-refractivity contribution in [2.75, 3.05) is 0 Å². The van der Waals surface area contributed by atoms with E-state index in [0.717, 1.165) is 70.7 Å². The molecule has 0 unspecified atom stereocenters. The summed E-state index contributed by atoms with van der Waals surface area (Å²) in [7, 11) is 0. The SMILES string of the molecule is CC(C)Cc1ccc2cc(-c3ccnc4c3sc3c(C(C)C)c5ccccc5[c-]c34)oc2c1.CCC(CC)C(=O)/C=C(\O)C(CC)CC.[Ir]. The molecule has 0 aliphatic heterocycles. The van der Waals surface area contributed by atoms with Gasteiger partial charge in [-0.05, 0) is 72.4 Å². The predicted molar refractivity (Wildman–Crippen MR) is 205 cm³/mol. The number of carbonyl (C=O) groups excluding carboxylic acids is 1. The second-order valence-corrected chi connectivity index (χ2v) is 14.7. The van der Waals surface area contributed by atoms with Crippen LogP contribution >= 0.6 is 11.3 Å². The largest absolute Gasteiger partial charge is 0.512 e. The van der Waals surface area contributed by atoms with Crippen LogP contribution in [0, 0.1) is 23.8 Å². The molecular weight excluding hydrogens is 803 g/mol. The zero-order valence-corrected chi connectivity index (χ0v) is 33.4. The topological polar surface area (TPSA) is 63.3 Å². The third kappa shape index (κ3) is 8.36. The zero-order chi connectivity index (χ0) is 34.5. The molecule has 6 rings (SSSR count). The van der Waals surface area contributed by atoms with Gasteiger partial charge in [0.2, 0.25) is 0 Å². The van der Waals surface area contributed by atoms with Crippen LogP contribution in [0.25, 0.3) is 53.4 Å². The molecule has 1 N–H and O–H groups in total. The minimum absolute atomic E-state index is 0. The Morgan fingerprint density at radius 3 is 2.27 bits per heavy atom. The van der Waals surface area contributed by atoms with Crippen LogP contribution in [0.5, 0.6) is 0 Å². The van der Waals surface area contributed by atoms with E-state index in [9.17, 15) is 9.90 Å². The van der Waals surface area contributed by atoms with Gasteiger partial charge in [-0.3, -0.25) is 9.78 Å². The number of carbonyl (C=O) groups is 1. The maximum atomic E-state index is 11.7. The van der Waals surface area contributed by atoms with Crippen molar-refractivity contribution in [3.8, 4) is 11.3 Å². The van der Waals surface area contributed by atoms with Crippen molar-refractivity contribution in [3.05, 3.63) is 89.8 Å². The monoisotopic (exact) mass is 853 g/mol. The predicted octanol–water partition coefficient (Wildman–Crippen LogP) is 13.0. The van der Waals surface area contributed by atoms with Crippen LogP contribution in [-0.4, -0.2) is 15.9 Å². The normalized spacial score (nSPS) is 12.1. The fourth-order valence-corrected chi connectivity index (χ4v) is 8.17. The molecule has 49 heavy (non-hydrogen) atoms. The van der Waals surface area contributed by atoms with E-state index < -0.39 is 0 Å². The smallest absolute Gasteiger partial charge is 0.162 e. The van der Waals surface area contributed by atoms with Crippen LogP contribution < -0.4 is 0 Å². The molecule has 0 aliphatic carbocycles. The standard InChI is InChI=1S/C30H26NOS.C13H24O2.Ir/c1-17(2)13-19-9-10-21-16-26(32-25(21)14-19)23-11-12-31-28-24-15-20-7-5-6-8-22(20)27(18(3)4)29(24)33-30(23)28;1-5-10(6-2)12(14)9-13(15)11(7-3)8-4;/h5-12,14,16-18H,13H2,1-4H3;9-11,14H,5-8H2,1-4H3;/q-1;;/b;12-9-;. The summed E-state index contributed by atoms with van der Waals surface area (Å²) in [5.74, 6) is 2.48. The number of aromatic nitrogens is 1. The molecule has 0 saturated carbocycles. The molecule has 261 valence electrons. The molecule has 0 aliphatic rings. The molecular formula is C43H50IrNO3S-. The maximum absolute atomic E-state index is 11.7. The van der Waals surface area contributed by atoms with Crippen molar-refractivity contribution in [2.45, 2.75) is 93.4 Å². The van der Waals surface area contributed by atoms with Crippen molar-refractivity contribution >= 4 is 59.2 Å². The quantitative estimate of drug-likeness (QED) is 0.0801. The Labute approximate surface area is 309 Å². The van der Waals surface area contributed by atoms with E-state index >= 15 is 0 Å². The minimum Gasteiger partial charge on any atom is -0.512 e. The summed E-state index contributed by atoms with van der Waals surface area (Å²) >= 11 is 1.82. The van der Waals surface area contributed by atoms with Gasteiger partial charge in [0.15, 0.2) is 5.78 Å². The molecule has 4 nitrogen and oxygen atoms in total. The molecule has 1 radical (unpaired) electrons. The first kappa shape index (κ1) is 38.5. The Bertz CT molecular complexity index is 2060. The fourth-order valence-electron chi connectivity index (χ4n) is 6.73. The number of furan rings is 1. The van der Waals surface area contributed by atoms with Crippen LogP contribution in [-0.2, 0) is 31.3 Å². The summed E-state index contributed by atoms with van der Waals surface area (Å²) in [5, 5.41) is 14.5. The molecule has 0 atom stereocenters. The summed E-state index contributed by atoms with van der Waals surface area (Å²) in [5.41, 5.74) is 5.78. The second-order valence-electron chi connectivity index (χ2n) is 13.7. The molecule has 0 fully saturated rings. The van der Waals surface area contributed by atoms with E-state index in [0.29, 0.717) is 11.8 Å². The Balaban J connectivity index is 0.000000290. The molecule has 0 amide bonds. The first-order valence-electron chi connectivity index (χ1n) is 17.7. The van der Waals surface area contributed by atoms with Gasteiger partial charge < -0.3 is 9.52 Å². The van der Waals surface area contributed by atoms with Gasteiger partial charge in [0.1, 0.15) is 11.3 Å². The average Bonchev–Trinajstić information content (AvgIpc) is 3.65. The van der Waals surface area contributed by atoms with Gasteiger partial charge in [0.05, 0.1) is 5.76 Å². The van der Waals surface area contributed by atoms with Crippen LogP contribution in [0.2, 0.25) is 0 Å². The molecule has 0 spiro atoms. The Hall–Kier alpha value is -3.31. The van der Waals surface area contributed by atoms with E-state index in [1.807, 2.05) is 45.2 Å². The Kier molecular flexibility index (Phi) is 13.4. The van der Waals surface area contributed by atoms with Gasteiger partial charge in [-0.15, -0.1) is 17.5 Å². The molecule has 0 bridgehead atoms.